The Morgan fingerprint density at radius 1 is 1.04 bits per heavy atom. The van der Waals surface area contributed by atoms with Gasteiger partial charge in [-0.15, -0.1) is 0 Å². The van der Waals surface area contributed by atoms with Gasteiger partial charge in [0.1, 0.15) is 6.61 Å². The van der Waals surface area contributed by atoms with Crippen molar-refractivity contribution in [3.8, 4) is 0 Å². The first-order valence-electron chi connectivity index (χ1n) is 9.01. The Balaban J connectivity index is 2.16. The monoisotopic (exact) mass is 443 g/mol. The van der Waals surface area contributed by atoms with Crippen molar-refractivity contribution >= 4 is 37.0 Å². The number of hydrogen-bond acceptors (Lipinski definition) is 5. The van der Waals surface area contributed by atoms with Gasteiger partial charge < -0.3 is 13.9 Å². The van der Waals surface area contributed by atoms with Gasteiger partial charge in [0.05, 0.1) is 28.9 Å². The van der Waals surface area contributed by atoms with E-state index >= 15 is 0 Å². The molecule has 1 atom stereocenters. The Hall–Kier alpha value is -1.36. The number of hydrogen-bond donors (Lipinski definition) is 0. The highest BCUT2D eigenvalue weighted by Gasteiger charge is 2.36. The number of halogens is 2. The second-order valence-corrected chi connectivity index (χ2v) is 8.88. The van der Waals surface area contributed by atoms with Crippen molar-refractivity contribution < 1.29 is 18.5 Å². The zero-order chi connectivity index (χ0) is 20.4. The average Bonchev–Trinajstić information content (AvgIpc) is 2.68. The van der Waals surface area contributed by atoms with Crippen LogP contribution in [-0.4, -0.2) is 19.4 Å². The van der Waals surface area contributed by atoms with Gasteiger partial charge in [0.15, 0.2) is 0 Å². The lowest BCUT2D eigenvalue weighted by Crippen LogP contribution is -2.08. The van der Waals surface area contributed by atoms with Gasteiger partial charge in [0.25, 0.3) is 0 Å². The number of nitrogens with zero attached hydrogens (tertiary/aromatic N) is 1. The molecule has 0 aliphatic heterocycles. The van der Waals surface area contributed by atoms with Crippen LogP contribution in [0, 0.1) is 0 Å². The van der Waals surface area contributed by atoms with Crippen LogP contribution < -0.4 is 0 Å². The van der Waals surface area contributed by atoms with Gasteiger partial charge in [0.2, 0.25) is 0 Å². The summed E-state index contributed by atoms with van der Waals surface area (Å²) in [6.07, 6.45) is 1.87. The molecule has 0 aliphatic rings. The molecular formula is C20H24Cl2NO4P. The van der Waals surface area contributed by atoms with Crippen molar-refractivity contribution in [3.63, 3.8) is 0 Å². The molecule has 2 aromatic carbocycles. The molecule has 0 aliphatic carbocycles. The van der Waals surface area contributed by atoms with Crippen LogP contribution in [0.15, 0.2) is 53.7 Å². The Bertz CT molecular complexity index is 807. The van der Waals surface area contributed by atoms with E-state index in [-0.39, 0.29) is 13.2 Å². The maximum atomic E-state index is 13.4. The third-order valence-corrected chi connectivity index (χ3v) is 7.13. The molecule has 2 rings (SSSR count). The summed E-state index contributed by atoms with van der Waals surface area (Å²) in [7, 11) is -3.44. The fourth-order valence-electron chi connectivity index (χ4n) is 2.63. The highest BCUT2D eigenvalue weighted by molar-refractivity contribution is 7.54. The lowest BCUT2D eigenvalue weighted by Gasteiger charge is -2.26. The first kappa shape index (κ1) is 22.9. The van der Waals surface area contributed by atoms with Crippen LogP contribution in [0.3, 0.4) is 0 Å². The molecule has 8 heteroatoms. The molecule has 152 valence electrons. The smallest absolute Gasteiger partial charge is 0.338 e. The van der Waals surface area contributed by atoms with E-state index in [2.05, 4.69) is 5.16 Å². The van der Waals surface area contributed by atoms with Gasteiger partial charge >= 0.3 is 7.60 Å². The molecule has 0 spiro atoms. The van der Waals surface area contributed by atoms with Crippen LogP contribution in [0.2, 0.25) is 10.0 Å². The molecule has 0 saturated heterocycles. The Kier molecular flexibility index (Phi) is 9.49. The van der Waals surface area contributed by atoms with E-state index in [1.807, 2.05) is 30.3 Å². The van der Waals surface area contributed by atoms with Crippen molar-refractivity contribution in [2.24, 2.45) is 5.16 Å². The molecule has 0 heterocycles. The summed E-state index contributed by atoms with van der Waals surface area (Å²) in [4.78, 5) is 5.33. The molecule has 28 heavy (non-hydrogen) atoms. The van der Waals surface area contributed by atoms with Crippen molar-refractivity contribution in [1.29, 1.82) is 0 Å². The zero-order valence-electron chi connectivity index (χ0n) is 15.9. The highest BCUT2D eigenvalue weighted by Crippen LogP contribution is 2.62. The van der Waals surface area contributed by atoms with E-state index < -0.39 is 13.3 Å². The minimum Gasteiger partial charge on any atom is -0.391 e. The fraction of sp³-hybridized carbons (Fsp3) is 0.350. The SMILES string of the molecule is CCOP(=O)(OCC)C(CC=NOCc1ccccc1)c1ccc(Cl)c(Cl)c1. The molecule has 0 N–H and O–H groups in total. The molecule has 5 nitrogen and oxygen atoms in total. The average molecular weight is 444 g/mol. The third-order valence-electron chi connectivity index (χ3n) is 3.88. The largest absolute Gasteiger partial charge is 0.391 e. The van der Waals surface area contributed by atoms with E-state index in [0.717, 1.165) is 5.56 Å². The van der Waals surface area contributed by atoms with Gasteiger partial charge in [-0.05, 0) is 37.1 Å². The molecule has 2 aromatic rings. The molecule has 0 fully saturated rings. The van der Waals surface area contributed by atoms with Crippen LogP contribution >= 0.6 is 30.8 Å². The first-order valence-corrected chi connectivity index (χ1v) is 11.4. The van der Waals surface area contributed by atoms with Crippen LogP contribution in [0.5, 0.6) is 0 Å². The number of oxime groups is 1. The van der Waals surface area contributed by atoms with Crippen LogP contribution in [0.25, 0.3) is 0 Å². The van der Waals surface area contributed by atoms with Crippen LogP contribution in [-0.2, 0) is 25.1 Å². The van der Waals surface area contributed by atoms with Crippen LogP contribution in [0.1, 0.15) is 37.1 Å². The molecule has 0 saturated carbocycles. The summed E-state index contributed by atoms with van der Waals surface area (Å²) in [6, 6.07) is 14.8. The Labute approximate surface area is 176 Å². The minimum atomic E-state index is -3.44. The number of benzene rings is 2. The standard InChI is InChI=1S/C20H24Cl2NO4P/c1-3-26-28(24,27-4-2)20(17-10-11-18(21)19(22)14-17)12-13-23-25-15-16-8-6-5-7-9-16/h5-11,13-14,20H,3-4,12,15H2,1-2H3. The van der Waals surface area contributed by atoms with Gasteiger partial charge in [-0.1, -0.05) is 64.8 Å². The highest BCUT2D eigenvalue weighted by atomic mass is 35.5. The maximum absolute atomic E-state index is 13.4. The lowest BCUT2D eigenvalue weighted by molar-refractivity contribution is 0.131. The normalized spacial score (nSPS) is 13.0. The maximum Gasteiger partial charge on any atom is 0.338 e. The molecular weight excluding hydrogens is 420 g/mol. The fourth-order valence-corrected chi connectivity index (χ4v) is 4.97. The van der Waals surface area contributed by atoms with E-state index in [0.29, 0.717) is 28.6 Å². The summed E-state index contributed by atoms with van der Waals surface area (Å²) < 4.78 is 24.4. The summed E-state index contributed by atoms with van der Waals surface area (Å²) in [6.45, 7) is 4.42. The molecule has 0 bridgehead atoms. The lowest BCUT2D eigenvalue weighted by atomic mass is 10.1. The summed E-state index contributed by atoms with van der Waals surface area (Å²) in [5.41, 5.74) is 1.13. The minimum absolute atomic E-state index is 0.261. The molecule has 0 aromatic heterocycles. The zero-order valence-corrected chi connectivity index (χ0v) is 18.3. The van der Waals surface area contributed by atoms with Crippen LogP contribution in [0.4, 0.5) is 0 Å². The Morgan fingerprint density at radius 3 is 2.32 bits per heavy atom. The van der Waals surface area contributed by atoms with E-state index in [1.54, 1.807) is 38.3 Å². The molecule has 0 amide bonds. The van der Waals surface area contributed by atoms with Gasteiger partial charge in [-0.3, -0.25) is 4.57 Å². The predicted octanol–water partition coefficient (Wildman–Crippen LogP) is 6.89. The summed E-state index contributed by atoms with van der Waals surface area (Å²) in [5, 5.41) is 4.79. The summed E-state index contributed by atoms with van der Waals surface area (Å²) >= 11 is 12.2. The topological polar surface area (TPSA) is 57.1 Å². The second kappa shape index (κ2) is 11.6. The first-order chi connectivity index (χ1) is 13.5. The van der Waals surface area contributed by atoms with Crippen molar-refractivity contribution in [1.82, 2.24) is 0 Å². The van der Waals surface area contributed by atoms with E-state index in [1.165, 1.54) is 0 Å². The third kappa shape index (κ3) is 6.61. The molecule has 0 radical (unpaired) electrons. The summed E-state index contributed by atoms with van der Waals surface area (Å²) in [5.74, 6) is 0. The van der Waals surface area contributed by atoms with E-state index in [9.17, 15) is 4.57 Å². The van der Waals surface area contributed by atoms with E-state index in [4.69, 9.17) is 37.1 Å². The predicted molar refractivity (Wildman–Crippen MR) is 114 cm³/mol. The second-order valence-electron chi connectivity index (χ2n) is 5.85. The van der Waals surface area contributed by atoms with Gasteiger partial charge in [-0.2, -0.15) is 0 Å². The van der Waals surface area contributed by atoms with Gasteiger partial charge in [-0.25, -0.2) is 0 Å². The number of rotatable bonds is 11. The quantitative estimate of drug-likeness (QED) is 0.215. The Morgan fingerprint density at radius 2 is 1.71 bits per heavy atom. The van der Waals surface area contributed by atoms with Gasteiger partial charge in [0, 0.05) is 12.6 Å². The van der Waals surface area contributed by atoms with Crippen molar-refractivity contribution in [2.45, 2.75) is 32.5 Å². The molecule has 1 unspecified atom stereocenters. The van der Waals surface area contributed by atoms with Crippen molar-refractivity contribution in [3.05, 3.63) is 69.7 Å². The van der Waals surface area contributed by atoms with Crippen molar-refractivity contribution in [2.75, 3.05) is 13.2 Å².